The van der Waals surface area contributed by atoms with Crippen LogP contribution in [0.5, 0.6) is 0 Å². The first-order chi connectivity index (χ1) is 7.61. The van der Waals surface area contributed by atoms with E-state index < -0.39 is 0 Å². The molecule has 84 valence electrons. The number of hydrogen-bond donors (Lipinski definition) is 1. The number of fused-ring (bicyclic) bond motifs is 1. The molecule has 0 radical (unpaired) electrons. The average Bonchev–Trinajstić information content (AvgIpc) is 2.28. The van der Waals surface area contributed by atoms with Crippen molar-refractivity contribution in [2.24, 2.45) is 5.41 Å². The van der Waals surface area contributed by atoms with Gasteiger partial charge < -0.3 is 5.11 Å². The zero-order valence-corrected chi connectivity index (χ0v) is 9.49. The molecule has 2 aliphatic rings. The van der Waals surface area contributed by atoms with Gasteiger partial charge in [-0.1, -0.05) is 31.2 Å². The second-order valence-corrected chi connectivity index (χ2v) is 4.60. The molecule has 2 nitrogen and oxygen atoms in total. The maximum Gasteiger partial charge on any atom is 0.184 e. The Bertz CT molecular complexity index is 438. The molecule has 0 amide bonds. The van der Waals surface area contributed by atoms with E-state index in [0.717, 1.165) is 24.7 Å². The van der Waals surface area contributed by atoms with E-state index >= 15 is 0 Å². The molecule has 0 saturated carbocycles. The Morgan fingerprint density at radius 3 is 2.94 bits per heavy atom. The van der Waals surface area contributed by atoms with E-state index in [4.69, 9.17) is 5.11 Å². The van der Waals surface area contributed by atoms with Gasteiger partial charge >= 0.3 is 0 Å². The molecule has 1 atom stereocenters. The topological polar surface area (TPSA) is 37.3 Å². The first-order valence-corrected chi connectivity index (χ1v) is 5.53. The molecule has 0 fully saturated rings. The SMILES string of the molecule is C=CC1=CCCC2=CC(=O)/C(=C\O)CC12C. The van der Waals surface area contributed by atoms with Crippen LogP contribution in [0.25, 0.3) is 0 Å². The lowest BCUT2D eigenvalue weighted by atomic mass is 9.63. The second kappa shape index (κ2) is 3.78. The van der Waals surface area contributed by atoms with Crippen molar-refractivity contribution >= 4 is 5.78 Å². The number of allylic oxidation sites excluding steroid dienone is 6. The van der Waals surface area contributed by atoms with Gasteiger partial charge in [-0.25, -0.2) is 0 Å². The fraction of sp³-hybridized carbons (Fsp3) is 0.357. The van der Waals surface area contributed by atoms with Crippen molar-refractivity contribution in [3.8, 4) is 0 Å². The van der Waals surface area contributed by atoms with Gasteiger partial charge in [-0.2, -0.15) is 0 Å². The highest BCUT2D eigenvalue weighted by Gasteiger charge is 2.39. The Labute approximate surface area is 95.7 Å². The number of aliphatic hydroxyl groups is 1. The van der Waals surface area contributed by atoms with Gasteiger partial charge in [0, 0.05) is 11.0 Å². The maximum absolute atomic E-state index is 11.7. The van der Waals surface area contributed by atoms with Crippen LogP contribution in [0.1, 0.15) is 26.2 Å². The van der Waals surface area contributed by atoms with Crippen molar-refractivity contribution in [2.45, 2.75) is 26.2 Å². The molecular formula is C14H16O2. The second-order valence-electron chi connectivity index (χ2n) is 4.60. The summed E-state index contributed by atoms with van der Waals surface area (Å²) in [6, 6.07) is 0. The number of aliphatic hydroxyl groups excluding tert-OH is 1. The summed E-state index contributed by atoms with van der Waals surface area (Å²) in [5, 5.41) is 9.07. The van der Waals surface area contributed by atoms with Crippen LogP contribution in [0.15, 0.2) is 47.8 Å². The van der Waals surface area contributed by atoms with E-state index in [1.807, 2.05) is 6.08 Å². The molecule has 2 rings (SSSR count). The van der Waals surface area contributed by atoms with Crippen LogP contribution in [0.2, 0.25) is 0 Å². The number of rotatable bonds is 1. The molecular weight excluding hydrogens is 200 g/mol. The number of carbonyl (C=O) groups excluding carboxylic acids is 1. The van der Waals surface area contributed by atoms with Crippen LogP contribution in [0.4, 0.5) is 0 Å². The molecule has 16 heavy (non-hydrogen) atoms. The highest BCUT2D eigenvalue weighted by atomic mass is 16.2. The van der Waals surface area contributed by atoms with Crippen LogP contribution in [0, 0.1) is 5.41 Å². The highest BCUT2D eigenvalue weighted by molar-refractivity contribution is 6.05. The van der Waals surface area contributed by atoms with Gasteiger partial charge in [-0.3, -0.25) is 4.79 Å². The highest BCUT2D eigenvalue weighted by Crippen LogP contribution is 2.49. The van der Waals surface area contributed by atoms with E-state index in [1.165, 1.54) is 5.57 Å². The van der Waals surface area contributed by atoms with Crippen LogP contribution in [-0.2, 0) is 4.79 Å². The summed E-state index contributed by atoms with van der Waals surface area (Å²) in [4.78, 5) is 11.7. The van der Waals surface area contributed by atoms with Crippen molar-refractivity contribution in [2.75, 3.05) is 0 Å². The zero-order chi connectivity index (χ0) is 11.8. The summed E-state index contributed by atoms with van der Waals surface area (Å²) >= 11 is 0. The molecule has 0 spiro atoms. The fourth-order valence-corrected chi connectivity index (χ4v) is 2.65. The summed E-state index contributed by atoms with van der Waals surface area (Å²) in [5.74, 6) is -0.0553. The van der Waals surface area contributed by atoms with Gasteiger partial charge in [0.25, 0.3) is 0 Å². The molecule has 0 bridgehead atoms. The third kappa shape index (κ3) is 1.45. The molecule has 0 heterocycles. The lowest BCUT2D eigenvalue weighted by molar-refractivity contribution is -0.112. The summed E-state index contributed by atoms with van der Waals surface area (Å²) in [7, 11) is 0. The summed E-state index contributed by atoms with van der Waals surface area (Å²) < 4.78 is 0. The smallest absolute Gasteiger partial charge is 0.184 e. The zero-order valence-electron chi connectivity index (χ0n) is 9.49. The molecule has 2 aliphatic carbocycles. The van der Waals surface area contributed by atoms with Gasteiger partial charge in [0.15, 0.2) is 5.78 Å². The first-order valence-electron chi connectivity index (χ1n) is 5.53. The van der Waals surface area contributed by atoms with Crippen LogP contribution >= 0.6 is 0 Å². The van der Waals surface area contributed by atoms with E-state index in [1.54, 1.807) is 6.08 Å². The summed E-state index contributed by atoms with van der Waals surface area (Å²) in [6.07, 6.45) is 9.13. The standard InChI is InChI=1S/C14H16O2/c1-3-11-5-4-6-12-7-13(16)10(9-15)8-14(11,12)2/h3,5,7,9,15H,1,4,6,8H2,2H3/b10-9-. The normalized spacial score (nSPS) is 31.8. The number of ketones is 1. The Morgan fingerprint density at radius 1 is 1.56 bits per heavy atom. The van der Waals surface area contributed by atoms with Crippen molar-refractivity contribution in [3.63, 3.8) is 0 Å². The lowest BCUT2D eigenvalue weighted by Gasteiger charge is -2.39. The average molecular weight is 216 g/mol. The van der Waals surface area contributed by atoms with E-state index in [-0.39, 0.29) is 11.2 Å². The minimum Gasteiger partial charge on any atom is -0.515 e. The molecule has 0 saturated heterocycles. The third-order valence-electron chi connectivity index (χ3n) is 3.67. The summed E-state index contributed by atoms with van der Waals surface area (Å²) in [6.45, 7) is 5.94. The van der Waals surface area contributed by atoms with Gasteiger partial charge in [-0.05, 0) is 30.9 Å². The number of carbonyl (C=O) groups is 1. The first kappa shape index (κ1) is 10.9. The van der Waals surface area contributed by atoms with E-state index in [9.17, 15) is 4.79 Å². The van der Waals surface area contributed by atoms with Crippen molar-refractivity contribution in [1.29, 1.82) is 0 Å². The van der Waals surface area contributed by atoms with Crippen molar-refractivity contribution in [1.82, 2.24) is 0 Å². The Kier molecular flexibility index (Phi) is 2.58. The third-order valence-corrected chi connectivity index (χ3v) is 3.67. The minimum atomic E-state index is -0.150. The number of hydrogen-bond acceptors (Lipinski definition) is 2. The predicted molar refractivity (Wildman–Crippen MR) is 64.0 cm³/mol. The van der Waals surface area contributed by atoms with Gasteiger partial charge in [-0.15, -0.1) is 0 Å². The Morgan fingerprint density at radius 2 is 2.31 bits per heavy atom. The van der Waals surface area contributed by atoms with E-state index in [2.05, 4.69) is 19.6 Å². The van der Waals surface area contributed by atoms with Gasteiger partial charge in [0.2, 0.25) is 0 Å². The van der Waals surface area contributed by atoms with Crippen LogP contribution in [-0.4, -0.2) is 10.9 Å². The Hall–Kier alpha value is -1.57. The molecule has 0 aromatic rings. The largest absolute Gasteiger partial charge is 0.515 e. The summed E-state index contributed by atoms with van der Waals surface area (Å²) in [5.41, 5.74) is 2.67. The van der Waals surface area contributed by atoms with Crippen molar-refractivity contribution < 1.29 is 9.90 Å². The van der Waals surface area contributed by atoms with Crippen molar-refractivity contribution in [3.05, 3.63) is 47.8 Å². The van der Waals surface area contributed by atoms with Gasteiger partial charge in [0.1, 0.15) is 0 Å². The molecule has 2 heteroatoms. The molecule has 0 aromatic carbocycles. The van der Waals surface area contributed by atoms with E-state index in [0.29, 0.717) is 12.0 Å². The van der Waals surface area contributed by atoms with Gasteiger partial charge in [0.05, 0.1) is 6.26 Å². The van der Waals surface area contributed by atoms with Crippen LogP contribution in [0.3, 0.4) is 0 Å². The quantitative estimate of drug-likeness (QED) is 0.539. The lowest BCUT2D eigenvalue weighted by Crippen LogP contribution is -2.30. The monoisotopic (exact) mass is 216 g/mol. The maximum atomic E-state index is 11.7. The molecule has 1 N–H and O–H groups in total. The van der Waals surface area contributed by atoms with Crippen LogP contribution < -0.4 is 0 Å². The molecule has 1 unspecified atom stereocenters. The fourth-order valence-electron chi connectivity index (χ4n) is 2.65. The predicted octanol–water partition coefficient (Wildman–Crippen LogP) is 3.24. The molecule has 0 aromatic heterocycles. The molecule has 0 aliphatic heterocycles. The Balaban J connectivity index is 2.53. The minimum absolute atomic E-state index is 0.0553.